The standard InChI is InChI=1S/C17H23N3O2/c18-17(10-4-5-11-17)16(22)19-14-9-6-12-20(15(14)21)13-7-2-1-3-8-13/h1-3,7-8,14H,4-6,9-12,18H2,(H,19,22). The Hall–Kier alpha value is -1.88. The monoisotopic (exact) mass is 301 g/mol. The van der Waals surface area contributed by atoms with E-state index in [1.54, 1.807) is 4.90 Å². The number of amides is 2. The van der Waals surface area contributed by atoms with Crippen LogP contribution in [0.2, 0.25) is 0 Å². The zero-order chi connectivity index (χ0) is 15.6. The molecule has 2 fully saturated rings. The number of carbonyl (C=O) groups excluding carboxylic acids is 2. The van der Waals surface area contributed by atoms with E-state index in [2.05, 4.69) is 5.32 Å². The van der Waals surface area contributed by atoms with Crippen LogP contribution >= 0.6 is 0 Å². The summed E-state index contributed by atoms with van der Waals surface area (Å²) in [7, 11) is 0. The molecule has 0 radical (unpaired) electrons. The lowest BCUT2D eigenvalue weighted by atomic mass is 9.96. The van der Waals surface area contributed by atoms with Crippen molar-refractivity contribution in [2.45, 2.75) is 50.1 Å². The quantitative estimate of drug-likeness (QED) is 0.890. The Morgan fingerprint density at radius 1 is 1.18 bits per heavy atom. The van der Waals surface area contributed by atoms with Gasteiger partial charge in [0.15, 0.2) is 0 Å². The first-order valence-electron chi connectivity index (χ1n) is 8.06. The molecule has 2 aliphatic rings. The Kier molecular flexibility index (Phi) is 4.16. The van der Waals surface area contributed by atoms with Crippen LogP contribution in [0.25, 0.3) is 0 Å². The SMILES string of the molecule is NC1(C(=O)NC2CCCN(c3ccccc3)C2=O)CCCC1. The molecule has 1 saturated carbocycles. The molecule has 1 aromatic carbocycles. The minimum Gasteiger partial charge on any atom is -0.343 e. The lowest BCUT2D eigenvalue weighted by Crippen LogP contribution is -2.59. The van der Waals surface area contributed by atoms with Crippen LogP contribution in [0, 0.1) is 0 Å². The normalized spacial score (nSPS) is 24.3. The van der Waals surface area contributed by atoms with E-state index in [4.69, 9.17) is 5.73 Å². The lowest BCUT2D eigenvalue weighted by molar-refractivity contribution is -0.131. The average Bonchev–Trinajstić information content (AvgIpc) is 2.98. The number of hydrogen-bond acceptors (Lipinski definition) is 3. The van der Waals surface area contributed by atoms with Gasteiger partial charge in [0.1, 0.15) is 6.04 Å². The van der Waals surface area contributed by atoms with Crippen LogP contribution in [0.4, 0.5) is 5.69 Å². The van der Waals surface area contributed by atoms with Gasteiger partial charge in [-0.2, -0.15) is 0 Å². The van der Waals surface area contributed by atoms with Crippen molar-refractivity contribution < 1.29 is 9.59 Å². The van der Waals surface area contributed by atoms with Crippen molar-refractivity contribution in [2.24, 2.45) is 5.73 Å². The van der Waals surface area contributed by atoms with Crippen LogP contribution in [0.15, 0.2) is 30.3 Å². The molecule has 1 aromatic rings. The molecule has 1 saturated heterocycles. The van der Waals surface area contributed by atoms with Crippen molar-refractivity contribution >= 4 is 17.5 Å². The molecule has 3 N–H and O–H groups in total. The molecule has 1 heterocycles. The highest BCUT2D eigenvalue weighted by molar-refractivity contribution is 6.00. The van der Waals surface area contributed by atoms with Crippen molar-refractivity contribution in [3.63, 3.8) is 0 Å². The Morgan fingerprint density at radius 2 is 1.86 bits per heavy atom. The first-order valence-corrected chi connectivity index (χ1v) is 8.06. The maximum atomic E-state index is 12.7. The van der Waals surface area contributed by atoms with E-state index in [-0.39, 0.29) is 11.8 Å². The summed E-state index contributed by atoms with van der Waals surface area (Å²) in [5.41, 5.74) is 6.28. The second-order valence-electron chi connectivity index (χ2n) is 6.36. The van der Waals surface area contributed by atoms with Gasteiger partial charge >= 0.3 is 0 Å². The van der Waals surface area contributed by atoms with Crippen molar-refractivity contribution in [1.29, 1.82) is 0 Å². The molecule has 0 spiro atoms. The number of carbonyl (C=O) groups is 2. The second kappa shape index (κ2) is 6.08. The summed E-state index contributed by atoms with van der Waals surface area (Å²) in [6, 6.07) is 9.14. The fraction of sp³-hybridized carbons (Fsp3) is 0.529. The van der Waals surface area contributed by atoms with Gasteiger partial charge in [0.2, 0.25) is 11.8 Å². The van der Waals surface area contributed by atoms with Crippen LogP contribution in [0.3, 0.4) is 0 Å². The third-order valence-electron chi connectivity index (χ3n) is 4.76. The van der Waals surface area contributed by atoms with Gasteiger partial charge in [0.25, 0.3) is 0 Å². The number of benzene rings is 1. The van der Waals surface area contributed by atoms with Crippen LogP contribution in [0.5, 0.6) is 0 Å². The first kappa shape index (κ1) is 15.0. The molecule has 5 heteroatoms. The summed E-state index contributed by atoms with van der Waals surface area (Å²) in [5.74, 6) is -0.203. The number of rotatable bonds is 3. The van der Waals surface area contributed by atoms with Crippen LogP contribution in [0.1, 0.15) is 38.5 Å². The number of nitrogens with zero attached hydrogens (tertiary/aromatic N) is 1. The smallest absolute Gasteiger partial charge is 0.249 e. The van der Waals surface area contributed by atoms with E-state index >= 15 is 0 Å². The molecule has 1 aliphatic heterocycles. The third-order valence-corrected chi connectivity index (χ3v) is 4.76. The number of anilines is 1. The van der Waals surface area contributed by atoms with Crippen molar-refractivity contribution in [3.8, 4) is 0 Å². The largest absolute Gasteiger partial charge is 0.343 e. The number of para-hydroxylation sites is 1. The second-order valence-corrected chi connectivity index (χ2v) is 6.36. The number of nitrogens with one attached hydrogen (secondary N) is 1. The van der Waals surface area contributed by atoms with E-state index in [9.17, 15) is 9.59 Å². The van der Waals surface area contributed by atoms with E-state index in [1.165, 1.54) is 0 Å². The Balaban J connectivity index is 1.69. The maximum Gasteiger partial charge on any atom is 0.249 e. The molecule has 5 nitrogen and oxygen atoms in total. The zero-order valence-corrected chi connectivity index (χ0v) is 12.8. The molecule has 1 atom stereocenters. The maximum absolute atomic E-state index is 12.7. The molecule has 0 aromatic heterocycles. The van der Waals surface area contributed by atoms with E-state index in [0.717, 1.165) is 24.9 Å². The number of piperidine rings is 1. The molecule has 1 unspecified atom stereocenters. The van der Waals surface area contributed by atoms with Gasteiger partial charge in [-0.3, -0.25) is 9.59 Å². The topological polar surface area (TPSA) is 75.4 Å². The van der Waals surface area contributed by atoms with Gasteiger partial charge in [-0.1, -0.05) is 31.0 Å². The van der Waals surface area contributed by atoms with Gasteiger partial charge in [0, 0.05) is 12.2 Å². The third kappa shape index (κ3) is 2.86. The minimum atomic E-state index is -0.782. The Morgan fingerprint density at radius 3 is 2.55 bits per heavy atom. The molecule has 118 valence electrons. The van der Waals surface area contributed by atoms with E-state index < -0.39 is 11.6 Å². The van der Waals surface area contributed by atoms with Gasteiger partial charge < -0.3 is 16.0 Å². The molecule has 0 bridgehead atoms. The fourth-order valence-electron chi connectivity index (χ4n) is 3.41. The highest BCUT2D eigenvalue weighted by atomic mass is 16.2. The summed E-state index contributed by atoms with van der Waals surface area (Å²) >= 11 is 0. The zero-order valence-electron chi connectivity index (χ0n) is 12.8. The van der Waals surface area contributed by atoms with Crippen LogP contribution in [-0.2, 0) is 9.59 Å². The number of hydrogen-bond donors (Lipinski definition) is 2. The predicted molar refractivity (Wildman–Crippen MR) is 85.3 cm³/mol. The Bertz CT molecular complexity index is 552. The minimum absolute atomic E-state index is 0.0348. The summed E-state index contributed by atoms with van der Waals surface area (Å²) < 4.78 is 0. The van der Waals surface area contributed by atoms with Crippen LogP contribution in [-0.4, -0.2) is 29.9 Å². The molecule has 2 amide bonds. The van der Waals surface area contributed by atoms with E-state index in [0.29, 0.717) is 25.8 Å². The van der Waals surface area contributed by atoms with Crippen molar-refractivity contribution in [3.05, 3.63) is 30.3 Å². The number of nitrogens with two attached hydrogens (primary N) is 1. The summed E-state index contributed by atoms with van der Waals surface area (Å²) in [4.78, 5) is 26.8. The predicted octanol–water partition coefficient (Wildman–Crippen LogP) is 1.57. The molecule has 22 heavy (non-hydrogen) atoms. The van der Waals surface area contributed by atoms with Crippen molar-refractivity contribution in [1.82, 2.24) is 5.32 Å². The van der Waals surface area contributed by atoms with Gasteiger partial charge in [-0.05, 0) is 37.8 Å². The van der Waals surface area contributed by atoms with E-state index in [1.807, 2.05) is 30.3 Å². The van der Waals surface area contributed by atoms with Gasteiger partial charge in [0.05, 0.1) is 5.54 Å². The molecular formula is C17H23N3O2. The average molecular weight is 301 g/mol. The Labute approximate surface area is 130 Å². The summed E-state index contributed by atoms with van der Waals surface area (Å²) in [5, 5.41) is 2.90. The van der Waals surface area contributed by atoms with Crippen LogP contribution < -0.4 is 16.0 Å². The molecular weight excluding hydrogens is 278 g/mol. The molecule has 3 rings (SSSR count). The highest BCUT2D eigenvalue weighted by Gasteiger charge is 2.40. The van der Waals surface area contributed by atoms with Gasteiger partial charge in [-0.15, -0.1) is 0 Å². The lowest BCUT2D eigenvalue weighted by Gasteiger charge is -2.34. The highest BCUT2D eigenvalue weighted by Crippen LogP contribution is 2.28. The summed E-state index contributed by atoms with van der Waals surface area (Å²) in [6.07, 6.45) is 4.95. The fourth-order valence-corrected chi connectivity index (χ4v) is 3.41. The van der Waals surface area contributed by atoms with Gasteiger partial charge in [-0.25, -0.2) is 0 Å². The summed E-state index contributed by atoms with van der Waals surface area (Å²) in [6.45, 7) is 0.697. The van der Waals surface area contributed by atoms with Crippen molar-refractivity contribution in [2.75, 3.05) is 11.4 Å². The molecule has 1 aliphatic carbocycles. The first-order chi connectivity index (χ1) is 10.6.